The molecule has 1 aliphatic carbocycles. The van der Waals surface area contributed by atoms with Crippen molar-refractivity contribution in [2.45, 2.75) is 44.2 Å². The van der Waals surface area contributed by atoms with Crippen molar-refractivity contribution in [3.8, 4) is 11.5 Å². The van der Waals surface area contributed by atoms with Crippen LogP contribution in [0.1, 0.15) is 42.5 Å². The maximum Gasteiger partial charge on any atom is 0.319 e. The molecule has 2 aromatic carbocycles. The highest BCUT2D eigenvalue weighted by molar-refractivity contribution is 5.92. The zero-order valence-electron chi connectivity index (χ0n) is 19.8. The summed E-state index contributed by atoms with van der Waals surface area (Å²) < 4.78 is 11.2. The fraction of sp³-hybridized carbons (Fsp3) is 0.440. The van der Waals surface area contributed by atoms with E-state index in [2.05, 4.69) is 10.6 Å². The smallest absolute Gasteiger partial charge is 0.319 e. The molecule has 0 radical (unpaired) electrons. The van der Waals surface area contributed by atoms with Crippen molar-refractivity contribution in [3.63, 3.8) is 0 Å². The molecule has 1 unspecified atom stereocenters. The molecule has 1 fully saturated rings. The zero-order valence-corrected chi connectivity index (χ0v) is 20.5. The van der Waals surface area contributed by atoms with Gasteiger partial charge in [0.2, 0.25) is 5.91 Å². The SMILES string of the molecule is NC(=O)c1ccc(OCC[NH2+]CC(O)COc2ccc(NC(=O)NC3CCCCC3)cc2)cc1.[Cl-]. The summed E-state index contributed by atoms with van der Waals surface area (Å²) >= 11 is 0. The predicted molar refractivity (Wildman–Crippen MR) is 129 cm³/mol. The Labute approximate surface area is 212 Å². The van der Waals surface area contributed by atoms with Crippen molar-refractivity contribution in [1.29, 1.82) is 0 Å². The van der Waals surface area contributed by atoms with Gasteiger partial charge in [0, 0.05) is 17.3 Å². The Hall–Kier alpha value is -3.01. The third-order valence-electron chi connectivity index (χ3n) is 5.66. The molecule has 0 spiro atoms. The Morgan fingerprint density at radius 1 is 1.00 bits per heavy atom. The molecule has 0 saturated heterocycles. The van der Waals surface area contributed by atoms with E-state index in [9.17, 15) is 14.7 Å². The first-order chi connectivity index (χ1) is 16.5. The molecular formula is C25H35ClN4O5. The average Bonchev–Trinajstić information content (AvgIpc) is 2.84. The number of hydrogen-bond acceptors (Lipinski definition) is 5. The van der Waals surface area contributed by atoms with Crippen molar-refractivity contribution < 1.29 is 41.9 Å². The molecule has 3 amide bonds. The van der Waals surface area contributed by atoms with Crippen LogP contribution in [0, 0.1) is 0 Å². The molecule has 1 aliphatic rings. The van der Waals surface area contributed by atoms with Crippen molar-refractivity contribution in [2.24, 2.45) is 5.73 Å². The van der Waals surface area contributed by atoms with E-state index < -0.39 is 12.0 Å². The third-order valence-corrected chi connectivity index (χ3v) is 5.66. The first-order valence-corrected chi connectivity index (χ1v) is 11.8. The minimum Gasteiger partial charge on any atom is -1.00 e. The number of nitrogens with two attached hydrogens (primary N) is 2. The number of aliphatic hydroxyl groups excluding tert-OH is 1. The van der Waals surface area contributed by atoms with E-state index in [1.165, 1.54) is 19.3 Å². The highest BCUT2D eigenvalue weighted by atomic mass is 35.5. The van der Waals surface area contributed by atoms with E-state index >= 15 is 0 Å². The number of primary amides is 1. The highest BCUT2D eigenvalue weighted by Crippen LogP contribution is 2.19. The number of nitrogens with one attached hydrogen (secondary N) is 2. The van der Waals surface area contributed by atoms with Crippen molar-refractivity contribution in [3.05, 3.63) is 54.1 Å². The number of hydrogen-bond donors (Lipinski definition) is 5. The van der Waals surface area contributed by atoms with Gasteiger partial charge in [0.15, 0.2) is 0 Å². The third kappa shape index (κ3) is 10.4. The van der Waals surface area contributed by atoms with Crippen molar-refractivity contribution in [1.82, 2.24) is 5.32 Å². The van der Waals surface area contributed by atoms with Gasteiger partial charge in [-0.2, -0.15) is 0 Å². The Kier molecular flexibility index (Phi) is 12.2. The number of aliphatic hydroxyl groups is 1. The van der Waals surface area contributed by atoms with E-state index in [0.717, 1.165) is 12.8 Å². The summed E-state index contributed by atoms with van der Waals surface area (Å²) in [5.41, 5.74) is 6.34. The van der Waals surface area contributed by atoms with Crippen LogP contribution in [0.15, 0.2) is 48.5 Å². The van der Waals surface area contributed by atoms with Crippen LogP contribution in [0.4, 0.5) is 10.5 Å². The Balaban J connectivity index is 0.00000432. The molecular weight excluding hydrogens is 472 g/mol. The van der Waals surface area contributed by atoms with Crippen LogP contribution in [-0.2, 0) is 0 Å². The van der Waals surface area contributed by atoms with Gasteiger partial charge in [0.05, 0.1) is 0 Å². The molecule has 2 aromatic rings. The maximum atomic E-state index is 12.1. The topological polar surface area (TPSA) is 140 Å². The van der Waals surface area contributed by atoms with E-state index in [4.69, 9.17) is 15.2 Å². The Morgan fingerprint density at radius 2 is 1.63 bits per heavy atom. The molecule has 0 heterocycles. The van der Waals surface area contributed by atoms with E-state index in [1.54, 1.807) is 48.5 Å². The number of anilines is 1. The average molecular weight is 507 g/mol. The standard InChI is InChI=1S/C25H34N4O5.ClH/c26-24(31)18-6-10-22(11-7-18)33-15-14-27-16-21(30)17-34-23-12-8-20(9-13-23)29-25(32)28-19-4-2-1-3-5-19;/h6-13,19,21,27,30H,1-5,14-17H2,(H2,26,31)(H2,28,29,32);1H. The minimum absolute atomic E-state index is 0. The van der Waals surface area contributed by atoms with Crippen LogP contribution in [0.2, 0.25) is 0 Å². The second kappa shape index (κ2) is 15.1. The molecule has 0 aliphatic heterocycles. The van der Waals surface area contributed by atoms with Gasteiger partial charge < -0.3 is 48.7 Å². The number of urea groups is 1. The molecule has 192 valence electrons. The van der Waals surface area contributed by atoms with Crippen LogP contribution in [0.3, 0.4) is 0 Å². The lowest BCUT2D eigenvalue weighted by Crippen LogP contribution is -3.00. The first-order valence-electron chi connectivity index (χ1n) is 11.8. The van der Waals surface area contributed by atoms with Gasteiger partial charge in [-0.15, -0.1) is 0 Å². The monoisotopic (exact) mass is 506 g/mol. The summed E-state index contributed by atoms with van der Waals surface area (Å²) in [7, 11) is 0. The van der Waals surface area contributed by atoms with Crippen molar-refractivity contribution in [2.75, 3.05) is 31.6 Å². The molecule has 10 heteroatoms. The second-order valence-corrected chi connectivity index (χ2v) is 8.47. The Morgan fingerprint density at radius 3 is 2.29 bits per heavy atom. The zero-order chi connectivity index (χ0) is 24.2. The summed E-state index contributed by atoms with van der Waals surface area (Å²) in [4.78, 5) is 23.2. The lowest BCUT2D eigenvalue weighted by Gasteiger charge is -2.22. The summed E-state index contributed by atoms with van der Waals surface area (Å²) in [5.74, 6) is 0.813. The van der Waals surface area contributed by atoms with Crippen LogP contribution in [0.25, 0.3) is 0 Å². The molecule has 3 rings (SSSR count). The van der Waals surface area contributed by atoms with E-state index in [-0.39, 0.29) is 31.1 Å². The largest absolute Gasteiger partial charge is 1.00 e. The van der Waals surface area contributed by atoms with Gasteiger partial charge in [-0.25, -0.2) is 4.79 Å². The molecule has 1 atom stereocenters. The fourth-order valence-corrected chi connectivity index (χ4v) is 3.78. The lowest BCUT2D eigenvalue weighted by atomic mass is 9.96. The normalized spacial score (nSPS) is 14.3. The highest BCUT2D eigenvalue weighted by Gasteiger charge is 2.15. The van der Waals surface area contributed by atoms with Crippen LogP contribution >= 0.6 is 0 Å². The van der Waals surface area contributed by atoms with E-state index in [1.807, 2.05) is 5.32 Å². The van der Waals surface area contributed by atoms with Gasteiger partial charge >= 0.3 is 6.03 Å². The van der Waals surface area contributed by atoms with Crippen LogP contribution < -0.4 is 43.6 Å². The number of carbonyl (C=O) groups is 2. The van der Waals surface area contributed by atoms with Gasteiger partial charge in [-0.3, -0.25) is 4.79 Å². The number of ether oxygens (including phenoxy) is 2. The van der Waals surface area contributed by atoms with Gasteiger partial charge in [-0.1, -0.05) is 19.3 Å². The summed E-state index contributed by atoms with van der Waals surface area (Å²) in [6.45, 7) is 1.77. The van der Waals surface area contributed by atoms with E-state index in [0.29, 0.717) is 42.4 Å². The molecule has 9 nitrogen and oxygen atoms in total. The number of benzene rings is 2. The number of amides is 3. The predicted octanol–water partition coefficient (Wildman–Crippen LogP) is -1.37. The number of carbonyl (C=O) groups excluding carboxylic acids is 2. The quantitative estimate of drug-likeness (QED) is 0.226. The Bertz CT molecular complexity index is 905. The molecule has 0 aromatic heterocycles. The minimum atomic E-state index is -0.631. The fourth-order valence-electron chi connectivity index (χ4n) is 3.78. The van der Waals surface area contributed by atoms with Gasteiger partial charge in [-0.05, 0) is 61.4 Å². The summed E-state index contributed by atoms with van der Waals surface area (Å²) in [6.07, 6.45) is 5.04. The second-order valence-electron chi connectivity index (χ2n) is 8.47. The molecule has 35 heavy (non-hydrogen) atoms. The van der Waals surface area contributed by atoms with Crippen LogP contribution in [0.5, 0.6) is 11.5 Å². The summed E-state index contributed by atoms with van der Waals surface area (Å²) in [6, 6.07) is 13.8. The molecule has 1 saturated carbocycles. The maximum absolute atomic E-state index is 12.1. The number of quaternary nitrogens is 1. The first kappa shape index (κ1) is 28.2. The van der Waals surface area contributed by atoms with Gasteiger partial charge in [0.1, 0.15) is 43.9 Å². The summed E-state index contributed by atoms with van der Waals surface area (Å²) in [5, 5.41) is 18.0. The lowest BCUT2D eigenvalue weighted by molar-refractivity contribution is -0.661. The molecule has 0 bridgehead atoms. The molecule has 7 N–H and O–H groups in total. The van der Waals surface area contributed by atoms with Crippen LogP contribution in [-0.4, -0.2) is 55.5 Å². The number of rotatable bonds is 12. The number of halogens is 1. The van der Waals surface area contributed by atoms with Crippen molar-refractivity contribution >= 4 is 17.6 Å². The van der Waals surface area contributed by atoms with Gasteiger partial charge in [0.25, 0.3) is 0 Å².